The monoisotopic (exact) mass is 1200 g/mol. The van der Waals surface area contributed by atoms with Gasteiger partial charge in [0.25, 0.3) is 5.91 Å². The van der Waals surface area contributed by atoms with Crippen molar-refractivity contribution in [2.75, 3.05) is 49.5 Å². The number of hydrogen-bond donors (Lipinski definition) is 5. The van der Waals surface area contributed by atoms with Crippen molar-refractivity contribution in [1.82, 2.24) is 35.4 Å². The van der Waals surface area contributed by atoms with Gasteiger partial charge in [0.15, 0.2) is 16.0 Å². The van der Waals surface area contributed by atoms with Gasteiger partial charge in [-0.25, -0.2) is 19.7 Å². The van der Waals surface area contributed by atoms with E-state index < -0.39 is 29.6 Å². The highest BCUT2D eigenvalue weighted by molar-refractivity contribution is 7.22. The largest absolute Gasteiger partial charge is 0.494 e. The maximum atomic E-state index is 14.2. The number of thiazole rings is 3. The summed E-state index contributed by atoms with van der Waals surface area (Å²) in [4.78, 5) is 88.4. The van der Waals surface area contributed by atoms with Gasteiger partial charge in [-0.15, -0.1) is 22.7 Å². The molecule has 4 amide bonds. The van der Waals surface area contributed by atoms with Gasteiger partial charge in [0.2, 0.25) is 17.7 Å². The fourth-order valence-electron chi connectivity index (χ4n) is 12.1. The Labute approximate surface area is 507 Å². The van der Waals surface area contributed by atoms with Gasteiger partial charge in [-0.2, -0.15) is 0 Å². The summed E-state index contributed by atoms with van der Waals surface area (Å²) in [5.41, 5.74) is 8.74. The highest BCUT2D eigenvalue weighted by Crippen LogP contribution is 2.52. The maximum absolute atomic E-state index is 14.2. The number of carbonyl (C=O) groups is 5. The number of aryl methyl sites for hydroxylation is 2. The van der Waals surface area contributed by atoms with Crippen molar-refractivity contribution in [2.24, 2.45) is 16.7 Å². The number of nitrogens with one attached hydrogen (secondary N) is 3. The Balaban J connectivity index is 0.592. The lowest BCUT2D eigenvalue weighted by Crippen LogP contribution is -2.58. The number of anilines is 2. The number of likely N-dealkylation sites (tertiary alicyclic amines) is 2. The molecule has 6 heterocycles. The molecule has 442 valence electrons. The molecule has 4 aromatic carbocycles. The lowest BCUT2D eigenvalue weighted by atomic mass is 9.58. The van der Waals surface area contributed by atoms with E-state index in [-0.39, 0.29) is 60.7 Å². The quantitative estimate of drug-likeness (QED) is 0.0400. The molecule has 1 spiro atoms. The predicted molar refractivity (Wildman–Crippen MR) is 332 cm³/mol. The Morgan fingerprint density at radius 1 is 0.918 bits per heavy atom. The van der Waals surface area contributed by atoms with Crippen LogP contribution in [0.1, 0.15) is 119 Å². The number of carbonyl (C=O) groups excluding carboxylic acids is 4. The first-order chi connectivity index (χ1) is 40.9. The molecule has 3 fully saturated rings. The average Bonchev–Trinajstić information content (AvgIpc) is 2.59. The summed E-state index contributed by atoms with van der Waals surface area (Å²) in [6.45, 7) is 11.8. The summed E-state index contributed by atoms with van der Waals surface area (Å²) in [5, 5.41) is 31.0. The molecule has 1 saturated carbocycles. The second-order valence-corrected chi connectivity index (χ2v) is 27.0. The number of piperidine rings is 1. The molecular weight excluding hydrogens is 1130 g/mol. The van der Waals surface area contributed by atoms with E-state index in [1.165, 1.54) is 27.6 Å². The molecule has 1 aliphatic carbocycles. The van der Waals surface area contributed by atoms with Gasteiger partial charge < -0.3 is 40.3 Å². The van der Waals surface area contributed by atoms with Gasteiger partial charge >= 0.3 is 5.97 Å². The molecule has 20 heteroatoms. The van der Waals surface area contributed by atoms with E-state index in [2.05, 4.69) is 52.5 Å². The number of aliphatic hydroxyl groups is 1. The van der Waals surface area contributed by atoms with Crippen molar-refractivity contribution < 1.29 is 38.9 Å². The molecule has 5 N–H and O–H groups in total. The van der Waals surface area contributed by atoms with Crippen molar-refractivity contribution in [3.63, 3.8) is 0 Å². The molecule has 3 atom stereocenters. The number of amides is 4. The zero-order valence-corrected chi connectivity index (χ0v) is 50.8. The molecule has 4 aliphatic rings. The third-order valence-electron chi connectivity index (χ3n) is 16.9. The van der Waals surface area contributed by atoms with Crippen LogP contribution in [0.4, 0.5) is 10.3 Å². The van der Waals surface area contributed by atoms with Gasteiger partial charge in [-0.05, 0) is 141 Å². The maximum Gasteiger partial charge on any atom is 0.355 e. The van der Waals surface area contributed by atoms with E-state index in [0.29, 0.717) is 77.9 Å². The van der Waals surface area contributed by atoms with Crippen LogP contribution in [0.2, 0.25) is 0 Å². The minimum Gasteiger partial charge on any atom is -0.494 e. The summed E-state index contributed by atoms with van der Waals surface area (Å²) in [6.07, 6.45) is 5.52. The van der Waals surface area contributed by atoms with Crippen LogP contribution in [0.15, 0.2) is 96.5 Å². The number of rotatable bonds is 18. The summed E-state index contributed by atoms with van der Waals surface area (Å²) in [7, 11) is 0. The minimum atomic E-state index is -1.07. The first-order valence-corrected chi connectivity index (χ1v) is 31.7. The van der Waals surface area contributed by atoms with Crippen LogP contribution in [0.25, 0.3) is 20.7 Å². The number of para-hydroxylation sites is 1. The van der Waals surface area contributed by atoms with Crippen molar-refractivity contribution in [3.8, 4) is 28.0 Å². The lowest BCUT2D eigenvalue weighted by Gasteiger charge is -2.51. The zero-order valence-electron chi connectivity index (χ0n) is 48.3. The fraction of sp³-hybridized carbons (Fsp3) is 0.415. The normalized spacial score (nSPS) is 18.0. The van der Waals surface area contributed by atoms with Gasteiger partial charge in [0.1, 0.15) is 17.8 Å². The molecule has 2 saturated heterocycles. The Morgan fingerprint density at radius 3 is 2.42 bits per heavy atom. The van der Waals surface area contributed by atoms with E-state index in [1.54, 1.807) is 11.3 Å². The topological polar surface area (TPSA) is 220 Å². The second kappa shape index (κ2) is 25.6. The smallest absolute Gasteiger partial charge is 0.355 e. The molecule has 11 rings (SSSR count). The van der Waals surface area contributed by atoms with E-state index >= 15 is 0 Å². The third kappa shape index (κ3) is 13.9. The number of carboxylic acids is 1. The van der Waals surface area contributed by atoms with E-state index in [4.69, 9.17) is 4.74 Å². The van der Waals surface area contributed by atoms with Crippen LogP contribution < -0.4 is 25.6 Å². The average molecular weight is 1200 g/mol. The van der Waals surface area contributed by atoms with Crippen molar-refractivity contribution in [2.45, 2.75) is 117 Å². The second-order valence-electron chi connectivity index (χ2n) is 24.0. The number of fused-ring (bicyclic) bond motifs is 2. The van der Waals surface area contributed by atoms with Crippen LogP contribution in [0, 0.1) is 35.5 Å². The zero-order chi connectivity index (χ0) is 59.4. The molecule has 0 bridgehead atoms. The number of nitrogens with zero attached hydrogens (tertiary/aromatic N) is 6. The van der Waals surface area contributed by atoms with E-state index in [1.807, 2.05) is 124 Å². The van der Waals surface area contributed by atoms with Crippen LogP contribution in [-0.2, 0) is 40.3 Å². The van der Waals surface area contributed by atoms with E-state index in [0.717, 1.165) is 87.4 Å². The first-order valence-electron chi connectivity index (χ1n) is 29.2. The third-order valence-corrected chi connectivity index (χ3v) is 20.0. The lowest BCUT2D eigenvalue weighted by molar-refractivity contribution is -0.144. The minimum absolute atomic E-state index is 0.0200. The first kappa shape index (κ1) is 59.2. The highest BCUT2D eigenvalue weighted by Gasteiger charge is 2.46. The number of aliphatic hydroxyl groups excluding tert-OH is 1. The molecule has 85 heavy (non-hydrogen) atoms. The number of hydrogen-bond acceptors (Lipinski definition) is 15. The molecule has 3 aliphatic heterocycles. The number of β-amino-alcohol motifs (C(OH)–C–C–N with tert-alkyl or cyclic N) is 1. The summed E-state index contributed by atoms with van der Waals surface area (Å²) < 4.78 is 7.08. The highest BCUT2D eigenvalue weighted by atomic mass is 32.1. The molecule has 0 unspecified atom stereocenters. The van der Waals surface area contributed by atoms with Crippen LogP contribution in [0.5, 0.6) is 5.75 Å². The predicted octanol–water partition coefficient (Wildman–Crippen LogP) is 9.75. The molecule has 3 aromatic heterocycles. The van der Waals surface area contributed by atoms with Crippen LogP contribution in [-0.4, -0.2) is 122 Å². The standard InChI is InChI=1S/C65H71N9O8S3/c1-40-56(83-39-67-40)45-20-16-42(17-21-45)36-66-59(78)51-33-46(75)37-74(51)60(79)57(64(2,3)4)69-54(76)25-28-72-30-26-65(27-31-72)34-43(35-65)15-14-41-18-22-47(23-19-41)82-32-8-13-53-55(61(80)81)70-63(85-53)73-29-24-44-9-7-10-48(49(44)38-73)58(77)71-62-68-50-11-5-6-12-52(50)84-62/h5-7,9-12,16-23,39,43,46,51,57,75H,8,13,24-38H2,1-4H3,(H,66,78)(H,69,76)(H,80,81)(H,68,71,77)/t46-,51+,57-/m1/s1. The van der Waals surface area contributed by atoms with Crippen molar-refractivity contribution in [3.05, 3.63) is 141 Å². The number of carboxylic acid groups (broad SMARTS) is 1. The van der Waals surface area contributed by atoms with Gasteiger partial charge in [0, 0.05) is 67.5 Å². The Morgan fingerprint density at radius 2 is 1.69 bits per heavy atom. The van der Waals surface area contributed by atoms with Crippen molar-refractivity contribution >= 4 is 84.1 Å². The molecule has 17 nitrogen and oxygen atoms in total. The Hall–Kier alpha value is -7.54. The van der Waals surface area contributed by atoms with Gasteiger partial charge in [0.05, 0.1) is 39.0 Å². The number of benzene rings is 4. The fourth-order valence-corrected chi connectivity index (χ4v) is 14.9. The summed E-state index contributed by atoms with van der Waals surface area (Å²) in [6, 6.07) is 27.5. The Kier molecular flexibility index (Phi) is 17.8. The van der Waals surface area contributed by atoms with Crippen LogP contribution in [0.3, 0.4) is 0 Å². The van der Waals surface area contributed by atoms with E-state index in [9.17, 15) is 34.2 Å². The molecule has 0 radical (unpaired) electrons. The van der Waals surface area contributed by atoms with Crippen molar-refractivity contribution in [1.29, 1.82) is 0 Å². The van der Waals surface area contributed by atoms with Gasteiger partial charge in [-0.1, -0.05) is 92.5 Å². The SMILES string of the molecule is Cc1ncsc1-c1ccc(CNC(=O)[C@@H]2C[C@@H](O)CN2C(=O)[C@@H](NC(=O)CCN2CCC3(CC2)CC(C#Cc2ccc(OCCCc4sc(N5CCc6cccc(C(=O)Nc7nc8ccccc8s7)c6C5)nc4C(=O)O)cc2)C3)C(C)(C)C)cc1. The summed E-state index contributed by atoms with van der Waals surface area (Å²) in [5.74, 6) is 5.69. The number of aromatic carboxylic acids is 1. The summed E-state index contributed by atoms with van der Waals surface area (Å²) >= 11 is 4.39. The Bertz CT molecular complexity index is 3620. The number of aromatic nitrogens is 3. The molecular formula is C65H71N9O8S3. The van der Waals surface area contributed by atoms with Crippen LogP contribution >= 0.6 is 34.0 Å². The number of ether oxygens (including phenoxy) is 1. The molecule has 7 aromatic rings. The van der Waals surface area contributed by atoms with Gasteiger partial charge in [-0.3, -0.25) is 24.5 Å².